The minimum absolute atomic E-state index is 0.0787. The lowest BCUT2D eigenvalue weighted by Crippen LogP contribution is -2.15. The average Bonchev–Trinajstić information content (AvgIpc) is 2.12. The maximum absolute atomic E-state index is 12.4. The Morgan fingerprint density at radius 1 is 1.08 bits per heavy atom. The summed E-state index contributed by atoms with van der Waals surface area (Å²) in [5, 5.41) is 0. The van der Waals surface area contributed by atoms with Crippen molar-refractivity contribution in [3.63, 3.8) is 0 Å². The van der Waals surface area contributed by atoms with E-state index >= 15 is 0 Å². The largest absolute Gasteiger partial charge is 0.382 e. The molecule has 0 aromatic heterocycles. The highest BCUT2D eigenvalue weighted by Crippen LogP contribution is 2.04. The van der Waals surface area contributed by atoms with Crippen LogP contribution in [0.25, 0.3) is 0 Å². The van der Waals surface area contributed by atoms with Gasteiger partial charge in [0.15, 0.2) is 0 Å². The van der Waals surface area contributed by atoms with Gasteiger partial charge in [-0.1, -0.05) is 41.5 Å². The van der Waals surface area contributed by atoms with Gasteiger partial charge in [0, 0.05) is 7.11 Å². The standard InChI is InChI=1S/C6H13FO.2C2H6/c1-5(2)6(7)4-8-3;2*1-2/h5-6H,4H2,1-3H3;2*1-2H3. The van der Waals surface area contributed by atoms with E-state index in [1.807, 2.05) is 41.5 Å². The molecule has 1 unspecified atom stereocenters. The van der Waals surface area contributed by atoms with E-state index in [-0.39, 0.29) is 12.5 Å². The van der Waals surface area contributed by atoms with Crippen LogP contribution in [-0.2, 0) is 4.74 Å². The van der Waals surface area contributed by atoms with Crippen LogP contribution in [0, 0.1) is 5.92 Å². The van der Waals surface area contributed by atoms with Crippen molar-refractivity contribution in [2.75, 3.05) is 13.7 Å². The predicted octanol–water partition coefficient (Wildman–Crippen LogP) is 3.68. The first-order valence-corrected chi connectivity index (χ1v) is 4.81. The van der Waals surface area contributed by atoms with Crippen molar-refractivity contribution < 1.29 is 9.13 Å². The fourth-order valence-electron chi connectivity index (χ4n) is 0.352. The molecular formula is C10H25FO. The lowest BCUT2D eigenvalue weighted by Gasteiger charge is -2.08. The number of rotatable bonds is 3. The fraction of sp³-hybridized carbons (Fsp3) is 1.00. The van der Waals surface area contributed by atoms with Crippen molar-refractivity contribution in [1.82, 2.24) is 0 Å². The number of methoxy groups -OCH3 is 1. The molecule has 0 fully saturated rings. The molecular weight excluding hydrogens is 155 g/mol. The summed E-state index contributed by atoms with van der Waals surface area (Å²) >= 11 is 0. The highest BCUT2D eigenvalue weighted by atomic mass is 19.1. The van der Waals surface area contributed by atoms with Gasteiger partial charge in [0.1, 0.15) is 6.17 Å². The van der Waals surface area contributed by atoms with Crippen molar-refractivity contribution in [2.45, 2.75) is 47.7 Å². The second-order valence-corrected chi connectivity index (χ2v) is 2.22. The maximum Gasteiger partial charge on any atom is 0.126 e. The molecule has 0 saturated carbocycles. The van der Waals surface area contributed by atoms with Gasteiger partial charge in [-0.15, -0.1) is 0 Å². The molecule has 0 radical (unpaired) electrons. The third kappa shape index (κ3) is 16.5. The molecule has 0 spiro atoms. The molecule has 78 valence electrons. The summed E-state index contributed by atoms with van der Waals surface area (Å²) in [6.45, 7) is 11.9. The van der Waals surface area contributed by atoms with Gasteiger partial charge in [-0.25, -0.2) is 4.39 Å². The first-order chi connectivity index (χ1) is 5.68. The highest BCUT2D eigenvalue weighted by Gasteiger charge is 2.09. The van der Waals surface area contributed by atoms with Crippen molar-refractivity contribution >= 4 is 0 Å². The van der Waals surface area contributed by atoms with Gasteiger partial charge in [0.2, 0.25) is 0 Å². The van der Waals surface area contributed by atoms with E-state index in [0.29, 0.717) is 0 Å². The molecule has 0 aromatic carbocycles. The number of alkyl halides is 1. The van der Waals surface area contributed by atoms with Crippen molar-refractivity contribution in [3.05, 3.63) is 0 Å². The fourth-order valence-corrected chi connectivity index (χ4v) is 0.352. The lowest BCUT2D eigenvalue weighted by atomic mass is 10.1. The molecule has 1 nitrogen and oxygen atoms in total. The molecule has 1 atom stereocenters. The Balaban J connectivity index is -0.000000175. The summed E-state index contributed by atoms with van der Waals surface area (Å²) < 4.78 is 17.0. The van der Waals surface area contributed by atoms with E-state index in [0.717, 1.165) is 0 Å². The number of ether oxygens (including phenoxy) is 1. The summed E-state index contributed by atoms with van der Waals surface area (Å²) in [7, 11) is 1.51. The van der Waals surface area contributed by atoms with Crippen LogP contribution in [0.15, 0.2) is 0 Å². The van der Waals surface area contributed by atoms with Gasteiger partial charge >= 0.3 is 0 Å². The molecule has 0 aliphatic rings. The molecule has 0 amide bonds. The zero-order valence-corrected chi connectivity index (χ0v) is 9.65. The molecule has 0 aromatic rings. The molecule has 0 N–H and O–H groups in total. The zero-order chi connectivity index (χ0) is 10.6. The molecule has 0 heterocycles. The third-order valence-electron chi connectivity index (χ3n) is 1.05. The van der Waals surface area contributed by atoms with Crippen LogP contribution in [0.3, 0.4) is 0 Å². The zero-order valence-electron chi connectivity index (χ0n) is 9.65. The van der Waals surface area contributed by atoms with Crippen LogP contribution < -0.4 is 0 Å². The van der Waals surface area contributed by atoms with E-state index in [1.54, 1.807) is 0 Å². The second-order valence-electron chi connectivity index (χ2n) is 2.22. The Bertz CT molecular complexity index is 55.8. The average molecular weight is 180 g/mol. The topological polar surface area (TPSA) is 9.23 Å². The Morgan fingerprint density at radius 3 is 1.50 bits per heavy atom. The van der Waals surface area contributed by atoms with Crippen molar-refractivity contribution in [1.29, 1.82) is 0 Å². The number of hydrogen-bond acceptors (Lipinski definition) is 1. The van der Waals surface area contributed by atoms with E-state index in [4.69, 9.17) is 0 Å². The smallest absolute Gasteiger partial charge is 0.126 e. The van der Waals surface area contributed by atoms with Gasteiger partial charge in [-0.2, -0.15) is 0 Å². The molecule has 0 aliphatic carbocycles. The highest BCUT2D eigenvalue weighted by molar-refractivity contribution is 4.57. The van der Waals surface area contributed by atoms with Crippen molar-refractivity contribution in [2.24, 2.45) is 5.92 Å². The monoisotopic (exact) mass is 180 g/mol. The van der Waals surface area contributed by atoms with Crippen LogP contribution in [0.4, 0.5) is 4.39 Å². The summed E-state index contributed by atoms with van der Waals surface area (Å²) in [5.41, 5.74) is 0. The first kappa shape index (κ1) is 17.8. The van der Waals surface area contributed by atoms with Gasteiger partial charge in [-0.05, 0) is 5.92 Å². The maximum atomic E-state index is 12.4. The van der Waals surface area contributed by atoms with Gasteiger partial charge in [0.25, 0.3) is 0 Å². The van der Waals surface area contributed by atoms with Crippen molar-refractivity contribution in [3.8, 4) is 0 Å². The van der Waals surface area contributed by atoms with Crippen LogP contribution in [0.2, 0.25) is 0 Å². The van der Waals surface area contributed by atoms with E-state index in [1.165, 1.54) is 7.11 Å². The molecule has 2 heteroatoms. The second kappa shape index (κ2) is 17.1. The molecule has 0 aliphatic heterocycles. The molecule has 12 heavy (non-hydrogen) atoms. The van der Waals surface area contributed by atoms with Crippen LogP contribution in [0.1, 0.15) is 41.5 Å². The minimum Gasteiger partial charge on any atom is -0.382 e. The van der Waals surface area contributed by atoms with Crippen LogP contribution in [-0.4, -0.2) is 19.9 Å². The SMILES string of the molecule is CC.CC.COCC(F)C(C)C. The molecule has 0 rings (SSSR count). The Morgan fingerprint density at radius 2 is 1.42 bits per heavy atom. The Labute approximate surface area is 77.3 Å². The van der Waals surface area contributed by atoms with Gasteiger partial charge in [0.05, 0.1) is 6.61 Å². The van der Waals surface area contributed by atoms with E-state index < -0.39 is 6.17 Å². The van der Waals surface area contributed by atoms with Crippen LogP contribution in [0.5, 0.6) is 0 Å². The normalized spacial score (nSPS) is 10.8. The predicted molar refractivity (Wildman–Crippen MR) is 54.3 cm³/mol. The lowest BCUT2D eigenvalue weighted by molar-refractivity contribution is 0.0978. The number of halogens is 1. The van der Waals surface area contributed by atoms with E-state index in [2.05, 4.69) is 4.74 Å². The third-order valence-corrected chi connectivity index (χ3v) is 1.05. The van der Waals surface area contributed by atoms with Gasteiger partial charge in [-0.3, -0.25) is 0 Å². The Kier molecular flexibility index (Phi) is 25.4. The summed E-state index contributed by atoms with van der Waals surface area (Å²) in [4.78, 5) is 0. The van der Waals surface area contributed by atoms with E-state index in [9.17, 15) is 4.39 Å². The first-order valence-electron chi connectivity index (χ1n) is 4.81. The summed E-state index contributed by atoms with van der Waals surface area (Å²) in [5.74, 6) is 0.0787. The minimum atomic E-state index is -0.806. The summed E-state index contributed by atoms with van der Waals surface area (Å²) in [6, 6.07) is 0. The Hall–Kier alpha value is -0.110. The molecule has 0 saturated heterocycles. The quantitative estimate of drug-likeness (QED) is 0.643. The summed E-state index contributed by atoms with van der Waals surface area (Å²) in [6.07, 6.45) is -0.806. The number of hydrogen-bond donors (Lipinski definition) is 0. The van der Waals surface area contributed by atoms with Gasteiger partial charge < -0.3 is 4.74 Å². The molecule has 0 bridgehead atoms. The van der Waals surface area contributed by atoms with Crippen LogP contribution >= 0.6 is 0 Å².